The van der Waals surface area contributed by atoms with E-state index in [1.54, 1.807) is 6.26 Å². The number of rotatable bonds is 8. The number of nitrogens with one attached hydrogen (secondary N) is 1. The van der Waals surface area contributed by atoms with Crippen molar-refractivity contribution in [3.63, 3.8) is 0 Å². The molecule has 0 unspecified atom stereocenters. The molecule has 2 aliphatic rings. The number of furan rings is 1. The van der Waals surface area contributed by atoms with Crippen molar-refractivity contribution in [2.45, 2.75) is 64.5 Å². The van der Waals surface area contributed by atoms with Crippen molar-refractivity contribution in [3.8, 4) is 0 Å². The second-order valence-electron chi connectivity index (χ2n) is 7.06. The summed E-state index contributed by atoms with van der Waals surface area (Å²) < 4.78 is 5.59. The summed E-state index contributed by atoms with van der Waals surface area (Å²) in [6.07, 6.45) is 11.6. The Balaban J connectivity index is 1.66. The summed E-state index contributed by atoms with van der Waals surface area (Å²) in [7, 11) is 0. The molecule has 0 aliphatic heterocycles. The lowest BCUT2D eigenvalue weighted by Gasteiger charge is -2.41. The van der Waals surface area contributed by atoms with E-state index in [0.717, 1.165) is 24.9 Å². The van der Waals surface area contributed by atoms with Crippen molar-refractivity contribution in [2.75, 3.05) is 19.6 Å². The highest BCUT2D eigenvalue weighted by Gasteiger charge is 2.38. The van der Waals surface area contributed by atoms with E-state index in [2.05, 4.69) is 23.2 Å². The summed E-state index contributed by atoms with van der Waals surface area (Å²) in [4.78, 5) is 2.70. The second kappa shape index (κ2) is 6.97. The maximum Gasteiger partial charge on any atom is 0.117 e. The van der Waals surface area contributed by atoms with Gasteiger partial charge in [-0.15, -0.1) is 0 Å². The van der Waals surface area contributed by atoms with Gasteiger partial charge in [-0.1, -0.05) is 26.2 Å². The van der Waals surface area contributed by atoms with Crippen molar-refractivity contribution in [1.29, 1.82) is 0 Å². The standard InChI is InChI=1S/C18H30N2O/c1-2-19-14-18(10-4-3-5-11-18)15-20(16-8-9-16)13-17-7-6-12-21-17/h6-7,12,16,19H,2-5,8-11,13-15H2,1H3. The Kier molecular flexibility index (Phi) is 5.02. The number of nitrogens with zero attached hydrogens (tertiary/aromatic N) is 1. The molecule has 0 radical (unpaired) electrons. The monoisotopic (exact) mass is 290 g/mol. The first kappa shape index (κ1) is 15.1. The maximum absolute atomic E-state index is 5.59. The van der Waals surface area contributed by atoms with Crippen LogP contribution in [0.1, 0.15) is 57.6 Å². The molecule has 118 valence electrons. The molecule has 3 heteroatoms. The molecular formula is C18H30N2O. The predicted molar refractivity (Wildman–Crippen MR) is 86.2 cm³/mol. The first-order valence-corrected chi connectivity index (χ1v) is 8.78. The smallest absolute Gasteiger partial charge is 0.117 e. The summed E-state index contributed by atoms with van der Waals surface area (Å²) >= 11 is 0. The van der Waals surface area contributed by atoms with Gasteiger partial charge in [0.1, 0.15) is 5.76 Å². The molecule has 0 amide bonds. The van der Waals surface area contributed by atoms with Crippen LogP contribution < -0.4 is 5.32 Å². The molecule has 0 aromatic carbocycles. The van der Waals surface area contributed by atoms with Crippen molar-refractivity contribution in [3.05, 3.63) is 24.2 Å². The first-order valence-electron chi connectivity index (χ1n) is 8.78. The molecule has 3 rings (SSSR count). The summed E-state index contributed by atoms with van der Waals surface area (Å²) in [5.41, 5.74) is 0.490. The Hall–Kier alpha value is -0.800. The highest BCUT2D eigenvalue weighted by molar-refractivity contribution is 5.01. The van der Waals surface area contributed by atoms with Gasteiger partial charge in [-0.3, -0.25) is 4.90 Å². The third-order valence-electron chi connectivity index (χ3n) is 5.21. The molecule has 2 fully saturated rings. The van der Waals surface area contributed by atoms with Gasteiger partial charge >= 0.3 is 0 Å². The zero-order valence-corrected chi connectivity index (χ0v) is 13.4. The van der Waals surface area contributed by atoms with Crippen LogP contribution in [-0.4, -0.2) is 30.6 Å². The van der Waals surface area contributed by atoms with E-state index in [4.69, 9.17) is 4.42 Å². The molecular weight excluding hydrogens is 260 g/mol. The average molecular weight is 290 g/mol. The van der Waals surface area contributed by atoms with Gasteiger partial charge in [0.2, 0.25) is 0 Å². The molecule has 21 heavy (non-hydrogen) atoms. The molecule has 1 N–H and O–H groups in total. The number of hydrogen-bond donors (Lipinski definition) is 1. The first-order chi connectivity index (χ1) is 10.3. The van der Waals surface area contributed by atoms with Crippen LogP contribution in [0.25, 0.3) is 0 Å². The van der Waals surface area contributed by atoms with Gasteiger partial charge in [0.15, 0.2) is 0 Å². The van der Waals surface area contributed by atoms with Gasteiger partial charge in [0, 0.05) is 19.1 Å². The third-order valence-corrected chi connectivity index (χ3v) is 5.21. The third kappa shape index (κ3) is 4.10. The van der Waals surface area contributed by atoms with Gasteiger partial charge in [-0.05, 0) is 49.8 Å². The Bertz CT molecular complexity index is 405. The zero-order chi connectivity index (χ0) is 14.5. The van der Waals surface area contributed by atoms with Crippen LogP contribution in [0.3, 0.4) is 0 Å². The zero-order valence-electron chi connectivity index (χ0n) is 13.4. The van der Waals surface area contributed by atoms with E-state index >= 15 is 0 Å². The van der Waals surface area contributed by atoms with Crippen LogP contribution in [-0.2, 0) is 6.54 Å². The molecule has 0 spiro atoms. The van der Waals surface area contributed by atoms with Crippen LogP contribution in [0.15, 0.2) is 22.8 Å². The Morgan fingerprint density at radius 1 is 1.29 bits per heavy atom. The van der Waals surface area contributed by atoms with Crippen LogP contribution in [0.5, 0.6) is 0 Å². The Labute approximate surface area is 129 Å². The lowest BCUT2D eigenvalue weighted by Crippen LogP contribution is -2.46. The van der Waals surface area contributed by atoms with Crippen molar-refractivity contribution >= 4 is 0 Å². The molecule has 0 saturated heterocycles. The molecule has 1 heterocycles. The van der Waals surface area contributed by atoms with E-state index < -0.39 is 0 Å². The van der Waals surface area contributed by atoms with Crippen LogP contribution in [0, 0.1) is 5.41 Å². The summed E-state index contributed by atoms with van der Waals surface area (Å²) in [5, 5.41) is 3.63. The Morgan fingerprint density at radius 3 is 2.71 bits per heavy atom. The average Bonchev–Trinajstić information content (AvgIpc) is 3.24. The van der Waals surface area contributed by atoms with E-state index in [9.17, 15) is 0 Å². The quantitative estimate of drug-likeness (QED) is 0.789. The molecule has 2 saturated carbocycles. The minimum atomic E-state index is 0.490. The molecule has 3 nitrogen and oxygen atoms in total. The summed E-state index contributed by atoms with van der Waals surface area (Å²) in [6.45, 7) is 6.73. The van der Waals surface area contributed by atoms with Gasteiger partial charge in [0.25, 0.3) is 0 Å². The fraction of sp³-hybridized carbons (Fsp3) is 0.778. The van der Waals surface area contributed by atoms with Crippen LogP contribution in [0.2, 0.25) is 0 Å². The van der Waals surface area contributed by atoms with E-state index in [-0.39, 0.29) is 0 Å². The lowest BCUT2D eigenvalue weighted by molar-refractivity contribution is 0.0885. The van der Waals surface area contributed by atoms with Gasteiger partial charge in [-0.25, -0.2) is 0 Å². The maximum atomic E-state index is 5.59. The van der Waals surface area contributed by atoms with Crippen molar-refractivity contribution < 1.29 is 4.42 Å². The van der Waals surface area contributed by atoms with Crippen molar-refractivity contribution in [1.82, 2.24) is 10.2 Å². The fourth-order valence-corrected chi connectivity index (χ4v) is 3.87. The summed E-state index contributed by atoms with van der Waals surface area (Å²) in [6, 6.07) is 4.93. The van der Waals surface area contributed by atoms with Crippen LogP contribution in [0.4, 0.5) is 0 Å². The van der Waals surface area contributed by atoms with E-state index in [1.807, 2.05) is 6.07 Å². The lowest BCUT2D eigenvalue weighted by atomic mass is 9.73. The molecule has 2 aliphatic carbocycles. The molecule has 1 aromatic rings. The minimum Gasteiger partial charge on any atom is -0.468 e. The normalized spacial score (nSPS) is 21.8. The molecule has 0 atom stereocenters. The molecule has 1 aromatic heterocycles. The minimum absolute atomic E-state index is 0.490. The SMILES string of the molecule is CCNCC1(CN(Cc2ccco2)C2CC2)CCCCC1. The molecule has 0 bridgehead atoms. The number of hydrogen-bond acceptors (Lipinski definition) is 3. The Morgan fingerprint density at radius 2 is 2.10 bits per heavy atom. The van der Waals surface area contributed by atoms with Gasteiger partial charge in [0.05, 0.1) is 12.8 Å². The second-order valence-corrected chi connectivity index (χ2v) is 7.06. The largest absolute Gasteiger partial charge is 0.468 e. The topological polar surface area (TPSA) is 28.4 Å². The highest BCUT2D eigenvalue weighted by atomic mass is 16.3. The summed E-state index contributed by atoms with van der Waals surface area (Å²) in [5.74, 6) is 1.12. The fourth-order valence-electron chi connectivity index (χ4n) is 3.87. The van der Waals surface area contributed by atoms with Crippen LogP contribution >= 0.6 is 0 Å². The highest BCUT2D eigenvalue weighted by Crippen LogP contribution is 2.39. The van der Waals surface area contributed by atoms with E-state index in [0.29, 0.717) is 5.41 Å². The van der Waals surface area contributed by atoms with Crippen molar-refractivity contribution in [2.24, 2.45) is 5.41 Å². The predicted octanol–water partition coefficient (Wildman–Crippen LogP) is 3.80. The van der Waals surface area contributed by atoms with E-state index in [1.165, 1.54) is 58.0 Å². The van der Waals surface area contributed by atoms with Gasteiger partial charge < -0.3 is 9.73 Å². The van der Waals surface area contributed by atoms with Gasteiger partial charge in [-0.2, -0.15) is 0 Å².